The van der Waals surface area contributed by atoms with E-state index >= 15 is 0 Å². The molecule has 0 spiro atoms. The summed E-state index contributed by atoms with van der Waals surface area (Å²) in [5, 5.41) is 17.7. The highest BCUT2D eigenvalue weighted by Crippen LogP contribution is 2.13. The van der Waals surface area contributed by atoms with Gasteiger partial charge in [0.2, 0.25) is 5.91 Å². The van der Waals surface area contributed by atoms with Crippen LogP contribution in [0.4, 0.5) is 5.82 Å². The molecule has 0 bridgehead atoms. The first-order valence-electron chi connectivity index (χ1n) is 6.25. The minimum atomic E-state index is -0.536. The topological polar surface area (TPSA) is 93.3 Å². The van der Waals surface area contributed by atoms with Crippen molar-refractivity contribution < 1.29 is 9.72 Å². The molecule has 1 aromatic heterocycles. The zero-order valence-corrected chi connectivity index (χ0v) is 10.8. The third-order valence-electron chi connectivity index (χ3n) is 3.08. The summed E-state index contributed by atoms with van der Waals surface area (Å²) in [6, 6.07) is 0. The van der Waals surface area contributed by atoms with Gasteiger partial charge < -0.3 is 20.3 Å². The Bertz CT molecular complexity index is 477. The molecule has 0 aromatic carbocycles. The van der Waals surface area contributed by atoms with Crippen molar-refractivity contribution in [1.82, 2.24) is 20.0 Å². The van der Waals surface area contributed by atoms with Crippen LogP contribution < -0.4 is 5.32 Å². The fourth-order valence-electron chi connectivity index (χ4n) is 2.11. The van der Waals surface area contributed by atoms with Crippen LogP contribution in [0, 0.1) is 17.0 Å². The van der Waals surface area contributed by atoms with Gasteiger partial charge in [0.1, 0.15) is 6.54 Å². The number of nitro groups is 1. The van der Waals surface area contributed by atoms with Gasteiger partial charge in [0, 0.05) is 19.6 Å². The average Bonchev–Trinajstić information content (AvgIpc) is 2.58. The molecular weight excluding hydrogens is 250 g/mol. The van der Waals surface area contributed by atoms with Gasteiger partial charge in [-0.05, 0) is 24.8 Å². The molecule has 8 heteroatoms. The van der Waals surface area contributed by atoms with E-state index in [-0.39, 0.29) is 18.3 Å². The van der Waals surface area contributed by atoms with Crippen LogP contribution in [-0.2, 0) is 11.3 Å². The summed E-state index contributed by atoms with van der Waals surface area (Å²) in [5.41, 5.74) is 0.468. The van der Waals surface area contributed by atoms with Crippen LogP contribution in [0.25, 0.3) is 0 Å². The average molecular weight is 267 g/mol. The van der Waals surface area contributed by atoms with Gasteiger partial charge in [-0.3, -0.25) is 4.79 Å². The van der Waals surface area contributed by atoms with Crippen LogP contribution in [0.15, 0.2) is 6.20 Å². The number of nitrogens with zero attached hydrogens (tertiary/aromatic N) is 4. The van der Waals surface area contributed by atoms with E-state index in [2.05, 4.69) is 10.4 Å². The Balaban J connectivity index is 2.01. The van der Waals surface area contributed by atoms with Crippen molar-refractivity contribution >= 4 is 11.7 Å². The van der Waals surface area contributed by atoms with E-state index in [4.69, 9.17) is 0 Å². The maximum absolute atomic E-state index is 12.1. The molecule has 1 N–H and O–H groups in total. The van der Waals surface area contributed by atoms with Gasteiger partial charge in [0.05, 0.1) is 16.9 Å². The summed E-state index contributed by atoms with van der Waals surface area (Å²) in [6.45, 7) is 4.74. The molecule has 19 heavy (non-hydrogen) atoms. The van der Waals surface area contributed by atoms with Crippen molar-refractivity contribution in [2.75, 3.05) is 26.2 Å². The first kappa shape index (κ1) is 13.5. The number of carbonyl (C=O) groups is 1. The summed E-state index contributed by atoms with van der Waals surface area (Å²) in [4.78, 5) is 24.0. The standard InChI is InChI=1S/C11H17N5O3/c1-9-7-15(13-11(9)16(18)19)8-10(17)14-5-2-3-12-4-6-14/h7,12H,2-6,8H2,1H3. The summed E-state index contributed by atoms with van der Waals surface area (Å²) >= 11 is 0. The lowest BCUT2D eigenvalue weighted by Gasteiger charge is -2.18. The maximum Gasteiger partial charge on any atom is 0.392 e. The summed E-state index contributed by atoms with van der Waals surface area (Å²) in [6.07, 6.45) is 2.45. The van der Waals surface area contributed by atoms with Crippen LogP contribution in [0.1, 0.15) is 12.0 Å². The maximum atomic E-state index is 12.1. The molecule has 0 radical (unpaired) electrons. The first-order valence-corrected chi connectivity index (χ1v) is 6.25. The molecule has 1 aliphatic heterocycles. The van der Waals surface area contributed by atoms with E-state index in [0.717, 1.165) is 19.5 Å². The molecule has 0 aliphatic carbocycles. The Morgan fingerprint density at radius 3 is 3.00 bits per heavy atom. The van der Waals surface area contributed by atoms with Crippen molar-refractivity contribution in [2.45, 2.75) is 19.9 Å². The minimum Gasteiger partial charge on any atom is -0.358 e. The lowest BCUT2D eigenvalue weighted by atomic mass is 10.3. The number of carbonyl (C=O) groups excluding carboxylic acids is 1. The second kappa shape index (κ2) is 5.79. The number of hydrogen-bond donors (Lipinski definition) is 1. The second-order valence-corrected chi connectivity index (χ2v) is 4.57. The van der Waals surface area contributed by atoms with E-state index in [9.17, 15) is 14.9 Å². The number of aryl methyl sites for hydroxylation is 1. The molecular formula is C11H17N5O3. The van der Waals surface area contributed by atoms with Crippen molar-refractivity contribution in [2.24, 2.45) is 0 Å². The normalized spacial score (nSPS) is 16.2. The molecule has 2 rings (SSSR count). The molecule has 1 fully saturated rings. The molecule has 1 saturated heterocycles. The summed E-state index contributed by atoms with van der Waals surface area (Å²) < 4.78 is 1.34. The summed E-state index contributed by atoms with van der Waals surface area (Å²) in [7, 11) is 0. The summed E-state index contributed by atoms with van der Waals surface area (Å²) in [5.74, 6) is -0.244. The van der Waals surface area contributed by atoms with Gasteiger partial charge in [0.15, 0.2) is 0 Å². The van der Waals surface area contributed by atoms with E-state index in [0.29, 0.717) is 18.7 Å². The van der Waals surface area contributed by atoms with E-state index in [1.807, 2.05) is 0 Å². The largest absolute Gasteiger partial charge is 0.392 e. The lowest BCUT2D eigenvalue weighted by Crippen LogP contribution is -2.36. The highest BCUT2D eigenvalue weighted by Gasteiger charge is 2.21. The molecule has 2 heterocycles. The zero-order valence-electron chi connectivity index (χ0n) is 10.8. The lowest BCUT2D eigenvalue weighted by molar-refractivity contribution is -0.390. The first-order chi connectivity index (χ1) is 9.08. The Labute approximate surface area is 110 Å². The van der Waals surface area contributed by atoms with Crippen LogP contribution in [0.2, 0.25) is 0 Å². The molecule has 104 valence electrons. The van der Waals surface area contributed by atoms with Gasteiger partial charge in [-0.25, -0.2) is 0 Å². The molecule has 1 aliphatic rings. The third kappa shape index (κ3) is 3.28. The van der Waals surface area contributed by atoms with Crippen molar-refractivity contribution in [3.05, 3.63) is 21.9 Å². The Kier molecular flexibility index (Phi) is 4.10. The Morgan fingerprint density at radius 2 is 2.32 bits per heavy atom. The fourth-order valence-corrected chi connectivity index (χ4v) is 2.11. The number of rotatable bonds is 3. The van der Waals surface area contributed by atoms with Crippen molar-refractivity contribution in [3.63, 3.8) is 0 Å². The third-order valence-corrected chi connectivity index (χ3v) is 3.08. The van der Waals surface area contributed by atoms with Gasteiger partial charge in [-0.15, -0.1) is 0 Å². The molecule has 0 atom stereocenters. The predicted molar refractivity (Wildman–Crippen MR) is 67.7 cm³/mol. The molecule has 0 saturated carbocycles. The monoisotopic (exact) mass is 267 g/mol. The minimum absolute atomic E-state index is 0.0503. The smallest absolute Gasteiger partial charge is 0.358 e. The highest BCUT2D eigenvalue weighted by atomic mass is 16.6. The fraction of sp³-hybridized carbons (Fsp3) is 0.636. The van der Waals surface area contributed by atoms with Crippen LogP contribution >= 0.6 is 0 Å². The van der Waals surface area contributed by atoms with Gasteiger partial charge in [0.25, 0.3) is 0 Å². The van der Waals surface area contributed by atoms with Gasteiger partial charge in [-0.2, -0.15) is 4.68 Å². The second-order valence-electron chi connectivity index (χ2n) is 4.57. The van der Waals surface area contributed by atoms with Gasteiger partial charge in [-0.1, -0.05) is 0 Å². The molecule has 0 unspecified atom stereocenters. The van der Waals surface area contributed by atoms with Crippen molar-refractivity contribution in [1.29, 1.82) is 0 Å². The Morgan fingerprint density at radius 1 is 1.53 bits per heavy atom. The van der Waals surface area contributed by atoms with E-state index in [1.165, 1.54) is 10.9 Å². The number of nitrogens with one attached hydrogen (secondary N) is 1. The highest BCUT2D eigenvalue weighted by molar-refractivity contribution is 5.76. The Hall–Kier alpha value is -1.96. The van der Waals surface area contributed by atoms with Crippen molar-refractivity contribution in [3.8, 4) is 0 Å². The molecule has 1 aromatic rings. The predicted octanol–water partition coefficient (Wildman–Crippen LogP) is -0.0784. The number of hydrogen-bond acceptors (Lipinski definition) is 5. The SMILES string of the molecule is Cc1cn(CC(=O)N2CCCNCC2)nc1[N+](=O)[O-]. The van der Waals surface area contributed by atoms with E-state index < -0.39 is 4.92 Å². The van der Waals surface area contributed by atoms with Gasteiger partial charge >= 0.3 is 5.82 Å². The number of amides is 1. The van der Waals surface area contributed by atoms with Crippen LogP contribution in [-0.4, -0.2) is 51.7 Å². The quantitative estimate of drug-likeness (QED) is 0.611. The molecule has 1 amide bonds. The van der Waals surface area contributed by atoms with E-state index in [1.54, 1.807) is 11.8 Å². The molecule has 8 nitrogen and oxygen atoms in total. The number of aromatic nitrogens is 2. The van der Waals surface area contributed by atoms with Crippen LogP contribution in [0.3, 0.4) is 0 Å². The van der Waals surface area contributed by atoms with Crippen LogP contribution in [0.5, 0.6) is 0 Å². The zero-order chi connectivity index (χ0) is 13.8.